The zero-order chi connectivity index (χ0) is 23.9. The summed E-state index contributed by atoms with van der Waals surface area (Å²) in [5.41, 5.74) is 2.39. The lowest BCUT2D eigenvalue weighted by Crippen LogP contribution is -2.30. The second-order valence-corrected chi connectivity index (χ2v) is 7.80. The number of methoxy groups -OCH3 is 2. The zero-order valence-electron chi connectivity index (χ0n) is 19.1. The topological polar surface area (TPSA) is 49.7 Å². The van der Waals surface area contributed by atoms with Crippen LogP contribution in [-0.2, 0) is 11.3 Å². The summed E-state index contributed by atoms with van der Waals surface area (Å²) < 4.78 is 32.4. The van der Waals surface area contributed by atoms with Gasteiger partial charge in [-0.15, -0.1) is 0 Å². The second-order valence-electron chi connectivity index (χ2n) is 7.80. The number of ether oxygens (including phenoxy) is 3. The minimum absolute atomic E-state index is 0.177. The third kappa shape index (κ3) is 5.35. The Labute approximate surface area is 198 Å². The highest BCUT2D eigenvalue weighted by atomic mass is 19.1. The molecule has 2 atom stereocenters. The maximum absolute atomic E-state index is 13.7. The van der Waals surface area contributed by atoms with Crippen LogP contribution >= 0.6 is 0 Å². The van der Waals surface area contributed by atoms with Crippen molar-refractivity contribution in [3.8, 4) is 11.5 Å². The number of hydrogen-bond donors (Lipinski definition) is 0. The van der Waals surface area contributed by atoms with Gasteiger partial charge < -0.3 is 18.8 Å². The van der Waals surface area contributed by atoms with Gasteiger partial charge in [0, 0.05) is 12.3 Å². The molecular formula is C28H26FNO4. The molecule has 2 unspecified atom stereocenters. The minimum Gasteiger partial charge on any atom is -0.497 e. The SMILES string of the molecule is COc1ccc(COC(c2ccc(OC)cc2)C(c2ccc(F)cc2)n2ccccc2=O)cc1. The van der Waals surface area contributed by atoms with Gasteiger partial charge in [-0.2, -0.15) is 0 Å². The summed E-state index contributed by atoms with van der Waals surface area (Å²) in [4.78, 5) is 12.9. The van der Waals surface area contributed by atoms with Crippen LogP contribution in [0.3, 0.4) is 0 Å². The van der Waals surface area contributed by atoms with Crippen LogP contribution in [-0.4, -0.2) is 18.8 Å². The quantitative estimate of drug-likeness (QED) is 0.329. The molecular weight excluding hydrogens is 433 g/mol. The Morgan fingerprint density at radius 2 is 1.35 bits per heavy atom. The van der Waals surface area contributed by atoms with E-state index in [1.54, 1.807) is 49.2 Å². The highest BCUT2D eigenvalue weighted by Crippen LogP contribution is 2.36. The number of hydrogen-bond acceptors (Lipinski definition) is 4. The molecule has 0 spiro atoms. The Morgan fingerprint density at radius 3 is 1.94 bits per heavy atom. The van der Waals surface area contributed by atoms with Gasteiger partial charge in [0.15, 0.2) is 0 Å². The van der Waals surface area contributed by atoms with Crippen molar-refractivity contribution in [1.29, 1.82) is 0 Å². The van der Waals surface area contributed by atoms with Crippen molar-refractivity contribution in [3.63, 3.8) is 0 Å². The average molecular weight is 460 g/mol. The molecule has 0 N–H and O–H groups in total. The monoisotopic (exact) mass is 459 g/mol. The Hall–Kier alpha value is -3.90. The fourth-order valence-corrected chi connectivity index (χ4v) is 3.88. The van der Waals surface area contributed by atoms with Crippen LogP contribution in [0.5, 0.6) is 11.5 Å². The average Bonchev–Trinajstić information content (AvgIpc) is 2.88. The molecule has 0 fully saturated rings. The van der Waals surface area contributed by atoms with Gasteiger partial charge in [0.1, 0.15) is 23.4 Å². The maximum atomic E-state index is 13.7. The Balaban J connectivity index is 1.78. The molecule has 0 aliphatic heterocycles. The van der Waals surface area contributed by atoms with E-state index < -0.39 is 12.1 Å². The summed E-state index contributed by atoms with van der Waals surface area (Å²) in [5.74, 6) is 1.13. The third-order valence-electron chi connectivity index (χ3n) is 5.68. The predicted molar refractivity (Wildman–Crippen MR) is 129 cm³/mol. The first-order valence-electron chi connectivity index (χ1n) is 10.9. The molecule has 4 rings (SSSR count). The van der Waals surface area contributed by atoms with Gasteiger partial charge in [0.2, 0.25) is 0 Å². The van der Waals surface area contributed by atoms with Crippen LogP contribution in [0.15, 0.2) is 102 Å². The van der Waals surface area contributed by atoms with E-state index in [1.807, 2.05) is 48.5 Å². The van der Waals surface area contributed by atoms with E-state index in [1.165, 1.54) is 18.2 Å². The number of aromatic nitrogens is 1. The predicted octanol–water partition coefficient (Wildman–Crippen LogP) is 5.55. The van der Waals surface area contributed by atoms with Crippen LogP contribution in [0, 0.1) is 5.82 Å². The van der Waals surface area contributed by atoms with Crippen molar-refractivity contribution in [2.24, 2.45) is 0 Å². The van der Waals surface area contributed by atoms with Crippen molar-refractivity contribution in [2.75, 3.05) is 14.2 Å². The lowest BCUT2D eigenvalue weighted by Gasteiger charge is -2.30. The van der Waals surface area contributed by atoms with Crippen molar-refractivity contribution >= 4 is 0 Å². The van der Waals surface area contributed by atoms with E-state index in [2.05, 4.69) is 0 Å². The van der Waals surface area contributed by atoms with Gasteiger partial charge in [-0.1, -0.05) is 42.5 Å². The Morgan fingerprint density at radius 1 is 0.765 bits per heavy atom. The lowest BCUT2D eigenvalue weighted by atomic mass is 9.94. The molecule has 4 aromatic rings. The second kappa shape index (κ2) is 10.8. The van der Waals surface area contributed by atoms with Crippen LogP contribution in [0.1, 0.15) is 28.8 Å². The number of benzene rings is 3. The molecule has 0 saturated heterocycles. The van der Waals surface area contributed by atoms with Gasteiger partial charge in [-0.05, 0) is 59.2 Å². The summed E-state index contributed by atoms with van der Waals surface area (Å²) in [6, 6.07) is 25.8. The van der Waals surface area contributed by atoms with Crippen molar-refractivity contribution in [2.45, 2.75) is 18.8 Å². The molecule has 0 amide bonds. The lowest BCUT2D eigenvalue weighted by molar-refractivity contribution is 0.0126. The largest absolute Gasteiger partial charge is 0.497 e. The first-order valence-corrected chi connectivity index (χ1v) is 10.9. The van der Waals surface area contributed by atoms with Gasteiger partial charge in [-0.25, -0.2) is 4.39 Å². The van der Waals surface area contributed by atoms with Crippen LogP contribution in [0.4, 0.5) is 4.39 Å². The van der Waals surface area contributed by atoms with E-state index in [9.17, 15) is 9.18 Å². The van der Waals surface area contributed by atoms with Crippen molar-refractivity contribution < 1.29 is 18.6 Å². The van der Waals surface area contributed by atoms with Crippen LogP contribution in [0.2, 0.25) is 0 Å². The van der Waals surface area contributed by atoms with Gasteiger partial charge in [0.05, 0.1) is 26.9 Å². The fraction of sp³-hybridized carbons (Fsp3) is 0.179. The van der Waals surface area contributed by atoms with Crippen LogP contribution in [0.25, 0.3) is 0 Å². The Bertz CT molecular complexity index is 1250. The molecule has 0 bridgehead atoms. The first-order chi connectivity index (χ1) is 16.6. The maximum Gasteiger partial charge on any atom is 0.251 e. The highest BCUT2D eigenvalue weighted by molar-refractivity contribution is 5.33. The fourth-order valence-electron chi connectivity index (χ4n) is 3.88. The molecule has 1 aromatic heterocycles. The van der Waals surface area contributed by atoms with Crippen molar-refractivity contribution in [1.82, 2.24) is 4.57 Å². The summed E-state index contributed by atoms with van der Waals surface area (Å²) in [7, 11) is 3.23. The van der Waals surface area contributed by atoms with E-state index >= 15 is 0 Å². The van der Waals surface area contributed by atoms with E-state index in [0.29, 0.717) is 12.4 Å². The highest BCUT2D eigenvalue weighted by Gasteiger charge is 2.28. The number of halogens is 1. The minimum atomic E-state index is -0.543. The zero-order valence-corrected chi connectivity index (χ0v) is 19.1. The Kier molecular flexibility index (Phi) is 7.40. The molecule has 0 aliphatic rings. The van der Waals surface area contributed by atoms with E-state index in [-0.39, 0.29) is 11.4 Å². The van der Waals surface area contributed by atoms with Crippen LogP contribution < -0.4 is 15.0 Å². The summed E-state index contributed by atoms with van der Waals surface area (Å²) in [5, 5.41) is 0. The number of nitrogens with zero attached hydrogens (tertiary/aromatic N) is 1. The first kappa shape index (κ1) is 23.3. The molecule has 0 aliphatic carbocycles. The molecule has 174 valence electrons. The molecule has 6 heteroatoms. The number of pyridine rings is 1. The standard InChI is InChI=1S/C28H26FNO4/c1-32-24-14-6-20(7-15-24)19-34-28(22-10-16-25(33-2)17-11-22)27(21-8-12-23(29)13-9-21)30-18-4-3-5-26(30)31/h3-18,27-28H,19H2,1-2H3. The molecule has 3 aromatic carbocycles. The number of rotatable bonds is 9. The molecule has 34 heavy (non-hydrogen) atoms. The summed E-state index contributed by atoms with van der Waals surface area (Å²) in [6.45, 7) is 0.306. The van der Waals surface area contributed by atoms with E-state index in [4.69, 9.17) is 14.2 Å². The molecule has 1 heterocycles. The summed E-state index contributed by atoms with van der Waals surface area (Å²) in [6.07, 6.45) is 1.18. The third-order valence-corrected chi connectivity index (χ3v) is 5.68. The molecule has 0 radical (unpaired) electrons. The van der Waals surface area contributed by atoms with E-state index in [0.717, 1.165) is 22.4 Å². The smallest absolute Gasteiger partial charge is 0.251 e. The van der Waals surface area contributed by atoms with Gasteiger partial charge in [0.25, 0.3) is 5.56 Å². The van der Waals surface area contributed by atoms with Gasteiger partial charge in [-0.3, -0.25) is 4.79 Å². The van der Waals surface area contributed by atoms with Gasteiger partial charge >= 0.3 is 0 Å². The molecule has 0 saturated carbocycles. The summed E-state index contributed by atoms with van der Waals surface area (Å²) >= 11 is 0. The van der Waals surface area contributed by atoms with Crippen molar-refractivity contribution in [3.05, 3.63) is 130 Å². The normalized spacial score (nSPS) is 12.7. The molecule has 5 nitrogen and oxygen atoms in total.